The van der Waals surface area contributed by atoms with Crippen LogP contribution in [-0.4, -0.2) is 17.3 Å². The van der Waals surface area contributed by atoms with E-state index in [0.717, 1.165) is 5.56 Å². The molecule has 3 nitrogen and oxygen atoms in total. The van der Waals surface area contributed by atoms with Gasteiger partial charge in [-0.05, 0) is 17.7 Å². The fourth-order valence-electron chi connectivity index (χ4n) is 1.39. The first kappa shape index (κ1) is 10.5. The Balaban J connectivity index is 2.49. The quantitative estimate of drug-likeness (QED) is 0.823. The Kier molecular flexibility index (Phi) is 2.93. The molecule has 1 aromatic rings. The lowest BCUT2D eigenvalue weighted by Gasteiger charge is -2.18. The largest absolute Gasteiger partial charge is 0.482 e. The van der Waals surface area contributed by atoms with Crippen LogP contribution in [0.1, 0.15) is 12.0 Å². The highest BCUT2D eigenvalue weighted by atomic mass is 35.5. The number of nitrogens with zero attached hydrogens (tertiary/aromatic N) is 1. The molecule has 0 unspecified atom stereocenters. The van der Waals surface area contributed by atoms with Gasteiger partial charge >= 0.3 is 0 Å². The molecule has 1 N–H and O–H groups in total. The molecule has 0 fully saturated rings. The van der Waals surface area contributed by atoms with E-state index in [4.69, 9.17) is 33.3 Å². The smallest absolute Gasteiger partial charge is 0.196 e. The Morgan fingerprint density at radius 1 is 1.33 bits per heavy atom. The molecule has 78 valence electrons. The van der Waals surface area contributed by atoms with Crippen LogP contribution in [-0.2, 0) is 4.74 Å². The summed E-state index contributed by atoms with van der Waals surface area (Å²) in [6, 6.07) is 1.72. The predicted molar refractivity (Wildman–Crippen MR) is 60.3 cm³/mol. The third-order valence-electron chi connectivity index (χ3n) is 2.07. The van der Waals surface area contributed by atoms with Crippen LogP contribution >= 0.6 is 23.2 Å². The van der Waals surface area contributed by atoms with Crippen molar-refractivity contribution in [1.82, 2.24) is 4.98 Å². The number of hydrogen-bond donors (Lipinski definition) is 1. The van der Waals surface area contributed by atoms with Crippen molar-refractivity contribution in [2.75, 3.05) is 6.61 Å². The fourth-order valence-corrected chi connectivity index (χ4v) is 1.87. The molecule has 1 aliphatic rings. The number of ether oxygens (including phenoxy) is 1. The lowest BCUT2D eigenvalue weighted by molar-refractivity contribution is 0.243. The molecule has 2 heterocycles. The number of rotatable bonds is 1. The summed E-state index contributed by atoms with van der Waals surface area (Å²) in [5, 5.41) is 8.55. The monoisotopic (exact) mass is 242 g/mol. The molecule has 0 saturated heterocycles. The molecular formula is C10H8Cl2N2O. The van der Waals surface area contributed by atoms with E-state index in [1.165, 1.54) is 6.20 Å². The van der Waals surface area contributed by atoms with E-state index in [2.05, 4.69) is 4.98 Å². The summed E-state index contributed by atoms with van der Waals surface area (Å²) in [6.45, 7) is 0.454. The zero-order valence-electron chi connectivity index (χ0n) is 7.76. The highest BCUT2D eigenvalue weighted by molar-refractivity contribution is 6.39. The highest BCUT2D eigenvalue weighted by Crippen LogP contribution is 2.29. The summed E-state index contributed by atoms with van der Waals surface area (Å²) in [4.78, 5) is 3.95. The molecule has 5 heteroatoms. The molecule has 2 rings (SSSR count). The van der Waals surface area contributed by atoms with Gasteiger partial charge in [-0.15, -0.1) is 0 Å². The molecule has 0 atom stereocenters. The van der Waals surface area contributed by atoms with Gasteiger partial charge in [-0.2, -0.15) is 0 Å². The van der Waals surface area contributed by atoms with Crippen LogP contribution in [0.2, 0.25) is 5.02 Å². The van der Waals surface area contributed by atoms with E-state index in [9.17, 15) is 0 Å². The SMILES string of the molecule is N=C1CCOC(Cl)=C1c1cncc(Cl)c1. The van der Waals surface area contributed by atoms with E-state index >= 15 is 0 Å². The minimum Gasteiger partial charge on any atom is -0.482 e. The van der Waals surface area contributed by atoms with Crippen LogP contribution in [0, 0.1) is 5.41 Å². The van der Waals surface area contributed by atoms with Gasteiger partial charge in [-0.1, -0.05) is 11.6 Å². The molecule has 0 aromatic carbocycles. The van der Waals surface area contributed by atoms with Gasteiger partial charge < -0.3 is 10.1 Å². The topological polar surface area (TPSA) is 46.0 Å². The van der Waals surface area contributed by atoms with Gasteiger partial charge in [-0.25, -0.2) is 0 Å². The van der Waals surface area contributed by atoms with Crippen molar-refractivity contribution in [2.45, 2.75) is 6.42 Å². The maximum atomic E-state index is 7.79. The van der Waals surface area contributed by atoms with E-state index in [1.807, 2.05) is 0 Å². The standard InChI is InChI=1S/C10H8Cl2N2O/c11-7-3-6(4-14-5-7)9-8(13)1-2-15-10(9)12/h3-5,13H,1-2H2. The van der Waals surface area contributed by atoms with Crippen molar-refractivity contribution in [3.8, 4) is 0 Å². The fraction of sp³-hybridized carbons (Fsp3) is 0.200. The van der Waals surface area contributed by atoms with Crippen LogP contribution in [0.25, 0.3) is 5.57 Å². The first-order chi connectivity index (χ1) is 7.18. The van der Waals surface area contributed by atoms with Gasteiger partial charge in [0.05, 0.1) is 17.2 Å². The summed E-state index contributed by atoms with van der Waals surface area (Å²) in [5.41, 5.74) is 1.76. The maximum absolute atomic E-state index is 7.79. The average molecular weight is 243 g/mol. The molecule has 0 radical (unpaired) electrons. The Morgan fingerprint density at radius 2 is 2.13 bits per heavy atom. The maximum Gasteiger partial charge on any atom is 0.196 e. The average Bonchev–Trinajstić information content (AvgIpc) is 2.17. The van der Waals surface area contributed by atoms with Gasteiger partial charge in [0.15, 0.2) is 5.22 Å². The van der Waals surface area contributed by atoms with Crippen LogP contribution in [0.5, 0.6) is 0 Å². The lowest BCUT2D eigenvalue weighted by atomic mass is 10.0. The summed E-state index contributed by atoms with van der Waals surface area (Å²) in [5.74, 6) is 0. The van der Waals surface area contributed by atoms with Gasteiger partial charge in [0, 0.05) is 30.1 Å². The van der Waals surface area contributed by atoms with Gasteiger partial charge in [-0.3, -0.25) is 4.98 Å². The Hall–Kier alpha value is -1.06. The summed E-state index contributed by atoms with van der Waals surface area (Å²) < 4.78 is 5.19. The number of allylic oxidation sites excluding steroid dienone is 1. The molecule has 0 saturated carbocycles. The van der Waals surface area contributed by atoms with Crippen molar-refractivity contribution >= 4 is 34.5 Å². The van der Waals surface area contributed by atoms with Gasteiger partial charge in [0.25, 0.3) is 0 Å². The number of pyridine rings is 1. The van der Waals surface area contributed by atoms with Crippen molar-refractivity contribution in [3.63, 3.8) is 0 Å². The Bertz CT molecular complexity index is 443. The van der Waals surface area contributed by atoms with Gasteiger partial charge in [0.2, 0.25) is 0 Å². The van der Waals surface area contributed by atoms with Crippen molar-refractivity contribution in [3.05, 3.63) is 34.3 Å². The second-order valence-corrected chi connectivity index (χ2v) is 3.90. The zero-order valence-corrected chi connectivity index (χ0v) is 9.27. The van der Waals surface area contributed by atoms with Crippen LogP contribution < -0.4 is 0 Å². The Labute approximate surface area is 97.2 Å². The van der Waals surface area contributed by atoms with Crippen LogP contribution in [0.3, 0.4) is 0 Å². The summed E-state index contributed by atoms with van der Waals surface area (Å²) in [6.07, 6.45) is 3.71. The van der Waals surface area contributed by atoms with Crippen LogP contribution in [0.4, 0.5) is 0 Å². The van der Waals surface area contributed by atoms with E-state index < -0.39 is 0 Å². The number of nitrogens with one attached hydrogen (secondary N) is 1. The number of halogens is 2. The predicted octanol–water partition coefficient (Wildman–Crippen LogP) is 3.08. The first-order valence-electron chi connectivity index (χ1n) is 4.40. The zero-order chi connectivity index (χ0) is 10.8. The molecule has 1 aromatic heterocycles. The summed E-state index contributed by atoms with van der Waals surface area (Å²) >= 11 is 11.7. The number of aromatic nitrogens is 1. The van der Waals surface area contributed by atoms with Crippen molar-refractivity contribution in [1.29, 1.82) is 5.41 Å². The third-order valence-corrected chi connectivity index (χ3v) is 2.58. The molecule has 15 heavy (non-hydrogen) atoms. The molecular weight excluding hydrogens is 235 g/mol. The van der Waals surface area contributed by atoms with E-state index in [1.54, 1.807) is 12.3 Å². The third kappa shape index (κ3) is 2.13. The minimum absolute atomic E-state index is 0.246. The Morgan fingerprint density at radius 3 is 2.80 bits per heavy atom. The lowest BCUT2D eigenvalue weighted by Crippen LogP contribution is -2.13. The summed E-state index contributed by atoms with van der Waals surface area (Å²) in [7, 11) is 0. The second kappa shape index (κ2) is 4.21. The number of hydrogen-bond acceptors (Lipinski definition) is 3. The molecule has 1 aliphatic heterocycles. The van der Waals surface area contributed by atoms with Crippen molar-refractivity contribution in [2.24, 2.45) is 0 Å². The minimum atomic E-state index is 0.246. The van der Waals surface area contributed by atoms with E-state index in [0.29, 0.717) is 29.3 Å². The second-order valence-electron chi connectivity index (χ2n) is 3.12. The molecule has 0 amide bonds. The first-order valence-corrected chi connectivity index (χ1v) is 5.15. The normalized spacial score (nSPS) is 16.5. The highest BCUT2D eigenvalue weighted by Gasteiger charge is 2.19. The van der Waals surface area contributed by atoms with Crippen LogP contribution in [0.15, 0.2) is 23.7 Å². The van der Waals surface area contributed by atoms with Gasteiger partial charge in [0.1, 0.15) is 0 Å². The molecule has 0 aliphatic carbocycles. The van der Waals surface area contributed by atoms with E-state index in [-0.39, 0.29) is 5.22 Å². The molecule has 0 spiro atoms. The van der Waals surface area contributed by atoms with Crippen molar-refractivity contribution < 1.29 is 4.74 Å². The molecule has 0 bridgehead atoms.